The zero-order chi connectivity index (χ0) is 23.1. The topological polar surface area (TPSA) is 66.7 Å². The second-order valence-electron chi connectivity index (χ2n) is 8.45. The first kappa shape index (κ1) is 20.9. The van der Waals surface area contributed by atoms with Gasteiger partial charge in [-0.25, -0.2) is 9.37 Å². The number of anilines is 2. The van der Waals surface area contributed by atoms with E-state index in [9.17, 15) is 14.0 Å². The number of hydrogen-bond donors (Lipinski definition) is 1. The fraction of sp³-hybridized carbons (Fsp3) is 0.192. The number of nitrogens with one attached hydrogen (secondary N) is 1. The lowest BCUT2D eigenvalue weighted by atomic mass is 10.1. The Bertz CT molecular complexity index is 1380. The molecule has 4 aromatic rings. The van der Waals surface area contributed by atoms with Crippen LogP contribution in [0.4, 0.5) is 15.8 Å². The van der Waals surface area contributed by atoms with Crippen molar-refractivity contribution in [3.05, 3.63) is 83.9 Å². The van der Waals surface area contributed by atoms with E-state index in [1.165, 1.54) is 17.0 Å². The molecule has 1 aliphatic rings. The largest absolute Gasteiger partial charge is 0.326 e. The fourth-order valence-electron chi connectivity index (χ4n) is 4.20. The number of amides is 2. The Morgan fingerprint density at radius 1 is 1.09 bits per heavy atom. The first-order chi connectivity index (χ1) is 15.9. The number of rotatable bonds is 4. The van der Waals surface area contributed by atoms with Gasteiger partial charge in [0.05, 0.1) is 11.6 Å². The molecule has 0 radical (unpaired) electrons. The molecule has 2 amide bonds. The lowest BCUT2D eigenvalue weighted by Crippen LogP contribution is -2.28. The summed E-state index contributed by atoms with van der Waals surface area (Å²) in [4.78, 5) is 31.8. The Balaban J connectivity index is 1.36. The molecule has 1 N–H and O–H groups in total. The number of pyridine rings is 1. The third-order valence-corrected chi connectivity index (χ3v) is 6.10. The van der Waals surface area contributed by atoms with Gasteiger partial charge in [-0.2, -0.15) is 0 Å². The van der Waals surface area contributed by atoms with E-state index in [0.29, 0.717) is 11.4 Å². The summed E-state index contributed by atoms with van der Waals surface area (Å²) in [6.45, 7) is 4.21. The average Bonchev–Trinajstić information content (AvgIpc) is 3.41. The van der Waals surface area contributed by atoms with Crippen molar-refractivity contribution in [2.24, 2.45) is 5.92 Å². The van der Waals surface area contributed by atoms with Crippen molar-refractivity contribution < 1.29 is 14.0 Å². The number of fused-ring (bicyclic) bond motifs is 1. The SMILES string of the molecule is Cc1ccc(-c2cn3cccc(C)c3n2)cc1NC(=O)[C@H]1CC(=O)N(c2ccc(F)cc2)C1. The maximum absolute atomic E-state index is 13.2. The van der Waals surface area contributed by atoms with Crippen LogP contribution in [0.3, 0.4) is 0 Å². The van der Waals surface area contributed by atoms with Gasteiger partial charge in [-0.15, -0.1) is 0 Å². The summed E-state index contributed by atoms with van der Waals surface area (Å²) in [5, 5.41) is 3.00. The van der Waals surface area contributed by atoms with E-state index in [2.05, 4.69) is 5.32 Å². The molecule has 5 rings (SSSR count). The lowest BCUT2D eigenvalue weighted by molar-refractivity contribution is -0.122. The minimum absolute atomic E-state index is 0.119. The highest BCUT2D eigenvalue weighted by Gasteiger charge is 2.35. The summed E-state index contributed by atoms with van der Waals surface area (Å²) in [6, 6.07) is 15.6. The molecule has 7 heteroatoms. The highest BCUT2D eigenvalue weighted by Crippen LogP contribution is 2.29. The molecule has 1 atom stereocenters. The maximum Gasteiger partial charge on any atom is 0.229 e. The van der Waals surface area contributed by atoms with Crippen LogP contribution in [0.1, 0.15) is 17.5 Å². The molecule has 1 fully saturated rings. The number of aromatic nitrogens is 2. The van der Waals surface area contributed by atoms with Crippen LogP contribution in [0.2, 0.25) is 0 Å². The van der Waals surface area contributed by atoms with Gasteiger partial charge < -0.3 is 14.6 Å². The van der Waals surface area contributed by atoms with Crippen LogP contribution in [0.5, 0.6) is 0 Å². The van der Waals surface area contributed by atoms with Crippen molar-refractivity contribution in [2.45, 2.75) is 20.3 Å². The van der Waals surface area contributed by atoms with Gasteiger partial charge >= 0.3 is 0 Å². The molecule has 1 aliphatic heterocycles. The van der Waals surface area contributed by atoms with Crippen molar-refractivity contribution in [1.82, 2.24) is 9.38 Å². The van der Waals surface area contributed by atoms with Crippen LogP contribution >= 0.6 is 0 Å². The van der Waals surface area contributed by atoms with Gasteiger partial charge in [0.1, 0.15) is 11.5 Å². The van der Waals surface area contributed by atoms with E-state index in [1.54, 1.807) is 12.1 Å². The van der Waals surface area contributed by atoms with Crippen LogP contribution < -0.4 is 10.2 Å². The Labute approximate surface area is 190 Å². The molecule has 3 heterocycles. The predicted molar refractivity (Wildman–Crippen MR) is 126 cm³/mol. The quantitative estimate of drug-likeness (QED) is 0.496. The number of hydrogen-bond acceptors (Lipinski definition) is 3. The van der Waals surface area contributed by atoms with Gasteiger partial charge in [-0.05, 0) is 61.4 Å². The predicted octanol–water partition coefficient (Wildman–Crippen LogP) is 4.75. The van der Waals surface area contributed by atoms with Gasteiger partial charge in [0.2, 0.25) is 11.8 Å². The minimum atomic E-state index is -0.483. The number of aryl methyl sites for hydroxylation is 2. The third kappa shape index (κ3) is 3.98. The fourth-order valence-corrected chi connectivity index (χ4v) is 4.20. The number of imidazole rings is 1. The third-order valence-electron chi connectivity index (χ3n) is 6.10. The maximum atomic E-state index is 13.2. The molecule has 2 aromatic carbocycles. The van der Waals surface area contributed by atoms with Gasteiger partial charge in [-0.1, -0.05) is 18.2 Å². The van der Waals surface area contributed by atoms with E-state index >= 15 is 0 Å². The van der Waals surface area contributed by atoms with Crippen LogP contribution in [-0.2, 0) is 9.59 Å². The molecule has 0 saturated carbocycles. The minimum Gasteiger partial charge on any atom is -0.326 e. The summed E-state index contributed by atoms with van der Waals surface area (Å²) >= 11 is 0. The highest BCUT2D eigenvalue weighted by molar-refractivity contribution is 6.03. The molecule has 33 heavy (non-hydrogen) atoms. The number of carbonyl (C=O) groups is 2. The molecule has 0 unspecified atom stereocenters. The van der Waals surface area contributed by atoms with Gasteiger partial charge in [0, 0.05) is 42.3 Å². The molecule has 6 nitrogen and oxygen atoms in total. The molecular weight excluding hydrogens is 419 g/mol. The summed E-state index contributed by atoms with van der Waals surface area (Å²) in [5.41, 5.74) is 5.90. The van der Waals surface area contributed by atoms with Gasteiger partial charge in [0.25, 0.3) is 0 Å². The Hall–Kier alpha value is -4.00. The van der Waals surface area contributed by atoms with Crippen molar-refractivity contribution in [2.75, 3.05) is 16.8 Å². The van der Waals surface area contributed by atoms with Crippen LogP contribution in [0.15, 0.2) is 67.0 Å². The molecule has 0 spiro atoms. The molecule has 166 valence electrons. The smallest absolute Gasteiger partial charge is 0.229 e. The molecular formula is C26H23FN4O2. The number of carbonyl (C=O) groups excluding carboxylic acids is 2. The monoisotopic (exact) mass is 442 g/mol. The van der Waals surface area contributed by atoms with E-state index < -0.39 is 5.92 Å². The molecule has 0 bridgehead atoms. The van der Waals surface area contributed by atoms with Gasteiger partial charge in [-0.3, -0.25) is 9.59 Å². The second kappa shape index (κ2) is 8.16. The van der Waals surface area contributed by atoms with Crippen LogP contribution in [0, 0.1) is 25.6 Å². The van der Waals surface area contributed by atoms with Crippen LogP contribution in [-0.4, -0.2) is 27.7 Å². The Kier molecular flexibility index (Phi) is 5.17. The standard InChI is InChI=1S/C26H23FN4O2/c1-16-5-6-18(23-15-30-11-3-4-17(2)25(30)28-23)12-22(16)29-26(33)19-13-24(32)31(14-19)21-9-7-20(27)8-10-21/h3-12,15,19H,13-14H2,1-2H3,(H,29,33)/t19-/m0/s1. The van der Waals surface area contributed by atoms with Crippen molar-refractivity contribution in [1.29, 1.82) is 0 Å². The molecule has 1 saturated heterocycles. The molecule has 0 aliphatic carbocycles. The summed E-state index contributed by atoms with van der Waals surface area (Å²) in [6.07, 6.45) is 4.04. The lowest BCUT2D eigenvalue weighted by Gasteiger charge is -2.17. The van der Waals surface area contributed by atoms with E-state index in [-0.39, 0.29) is 30.6 Å². The normalized spacial score (nSPS) is 15.9. The summed E-state index contributed by atoms with van der Waals surface area (Å²) in [7, 11) is 0. The van der Waals surface area contributed by atoms with E-state index in [4.69, 9.17) is 4.98 Å². The van der Waals surface area contributed by atoms with Crippen LogP contribution in [0.25, 0.3) is 16.9 Å². The number of halogens is 1. The van der Waals surface area contributed by atoms with E-state index in [1.807, 2.05) is 61.0 Å². The highest BCUT2D eigenvalue weighted by atomic mass is 19.1. The number of nitrogens with zero attached hydrogens (tertiary/aromatic N) is 3. The number of benzene rings is 2. The average molecular weight is 442 g/mol. The van der Waals surface area contributed by atoms with E-state index in [0.717, 1.165) is 28.0 Å². The zero-order valence-corrected chi connectivity index (χ0v) is 18.4. The first-order valence-corrected chi connectivity index (χ1v) is 10.8. The van der Waals surface area contributed by atoms with Crippen molar-refractivity contribution >= 4 is 28.8 Å². The second-order valence-corrected chi connectivity index (χ2v) is 8.45. The summed E-state index contributed by atoms with van der Waals surface area (Å²) < 4.78 is 15.2. The van der Waals surface area contributed by atoms with Gasteiger partial charge in [0.15, 0.2) is 0 Å². The van der Waals surface area contributed by atoms with Crippen molar-refractivity contribution in [3.63, 3.8) is 0 Å². The Morgan fingerprint density at radius 2 is 1.88 bits per heavy atom. The molecule has 2 aromatic heterocycles. The first-order valence-electron chi connectivity index (χ1n) is 10.8. The summed E-state index contributed by atoms with van der Waals surface area (Å²) in [5.74, 6) is -1.20. The zero-order valence-electron chi connectivity index (χ0n) is 18.4. The Morgan fingerprint density at radius 3 is 2.64 bits per heavy atom. The van der Waals surface area contributed by atoms with Crippen molar-refractivity contribution in [3.8, 4) is 11.3 Å².